The number of fused-ring (bicyclic) bond motifs is 1. The van der Waals surface area contributed by atoms with Gasteiger partial charge in [0.15, 0.2) is 5.75 Å². The quantitative estimate of drug-likeness (QED) is 0.360. The Bertz CT molecular complexity index is 939. The fraction of sp³-hybridized carbons (Fsp3) is 0.167. The molecule has 3 rings (SSSR count). The SMILES string of the molecule is COc1c(O)ccc(C=C2C(=O)Nc3ccc(CCCl)cc32)c1[N+](=O)[O-]. The standard InChI is InChI=1S/C18H15ClN2O5/c1-26-17-15(22)5-3-11(16(17)21(24)25)9-13-12-8-10(6-7-19)2-4-14(12)20-18(13)23/h2-5,8-9,22H,6-7H2,1H3,(H,20,23). The molecule has 2 N–H and O–H groups in total. The van der Waals surface area contributed by atoms with Crippen molar-refractivity contribution in [3.63, 3.8) is 0 Å². The Morgan fingerprint density at radius 3 is 2.77 bits per heavy atom. The first-order chi connectivity index (χ1) is 12.5. The Labute approximate surface area is 154 Å². The Hall–Kier alpha value is -3.06. The van der Waals surface area contributed by atoms with Crippen LogP contribution >= 0.6 is 11.6 Å². The number of phenols is 1. The number of aryl methyl sites for hydroxylation is 1. The number of anilines is 1. The van der Waals surface area contributed by atoms with Crippen molar-refractivity contribution in [2.45, 2.75) is 6.42 Å². The van der Waals surface area contributed by atoms with Crippen molar-refractivity contribution in [3.05, 3.63) is 57.1 Å². The number of phenolic OH excluding ortho intramolecular Hbond substituents is 1. The van der Waals surface area contributed by atoms with Crippen molar-refractivity contribution >= 4 is 40.5 Å². The Balaban J connectivity index is 2.17. The van der Waals surface area contributed by atoms with Crippen LogP contribution in [0.15, 0.2) is 30.3 Å². The fourth-order valence-electron chi connectivity index (χ4n) is 2.88. The molecule has 7 nitrogen and oxygen atoms in total. The van der Waals surface area contributed by atoms with Gasteiger partial charge in [-0.1, -0.05) is 6.07 Å². The summed E-state index contributed by atoms with van der Waals surface area (Å²) in [5.41, 5.74) is 2.29. The van der Waals surface area contributed by atoms with Crippen LogP contribution in [0.2, 0.25) is 0 Å². The summed E-state index contributed by atoms with van der Waals surface area (Å²) in [6.07, 6.45) is 2.06. The maximum absolute atomic E-state index is 12.4. The lowest BCUT2D eigenvalue weighted by Crippen LogP contribution is -2.04. The first kappa shape index (κ1) is 17.8. The van der Waals surface area contributed by atoms with Crippen LogP contribution in [0.3, 0.4) is 0 Å². The monoisotopic (exact) mass is 374 g/mol. The van der Waals surface area contributed by atoms with E-state index in [1.165, 1.54) is 25.3 Å². The van der Waals surface area contributed by atoms with Crippen molar-refractivity contribution in [3.8, 4) is 11.5 Å². The number of hydrogen-bond donors (Lipinski definition) is 2. The summed E-state index contributed by atoms with van der Waals surface area (Å²) < 4.78 is 4.95. The van der Waals surface area contributed by atoms with E-state index in [9.17, 15) is 20.0 Å². The van der Waals surface area contributed by atoms with E-state index in [0.717, 1.165) is 5.56 Å². The number of amides is 1. The second kappa shape index (κ2) is 7.05. The van der Waals surface area contributed by atoms with Crippen molar-refractivity contribution in [1.82, 2.24) is 0 Å². The molecule has 0 spiro atoms. The number of nitrogens with one attached hydrogen (secondary N) is 1. The van der Waals surface area contributed by atoms with Crippen molar-refractivity contribution < 1.29 is 19.6 Å². The number of carbonyl (C=O) groups excluding carboxylic acids is 1. The number of hydrogen-bond acceptors (Lipinski definition) is 5. The third-order valence-corrected chi connectivity index (χ3v) is 4.27. The van der Waals surface area contributed by atoms with E-state index in [1.807, 2.05) is 12.1 Å². The van der Waals surface area contributed by atoms with Crippen LogP contribution in [0.5, 0.6) is 11.5 Å². The highest BCUT2D eigenvalue weighted by Crippen LogP contribution is 2.41. The molecule has 134 valence electrons. The molecule has 1 aliphatic heterocycles. The number of alkyl halides is 1. The molecule has 1 aliphatic rings. The number of aromatic hydroxyl groups is 1. The topological polar surface area (TPSA) is 102 Å². The number of nitro groups is 1. The van der Waals surface area contributed by atoms with E-state index in [1.54, 1.807) is 6.07 Å². The summed E-state index contributed by atoms with van der Waals surface area (Å²) in [4.78, 5) is 23.2. The number of carbonyl (C=O) groups is 1. The number of ether oxygens (including phenoxy) is 1. The molecule has 0 saturated carbocycles. The Morgan fingerprint density at radius 1 is 1.35 bits per heavy atom. The number of nitro benzene ring substituents is 1. The number of nitrogens with zero attached hydrogens (tertiary/aromatic N) is 1. The second-order valence-electron chi connectivity index (χ2n) is 5.64. The summed E-state index contributed by atoms with van der Waals surface area (Å²) in [7, 11) is 1.23. The molecule has 0 bridgehead atoms. The summed E-state index contributed by atoms with van der Waals surface area (Å²) >= 11 is 5.78. The number of rotatable bonds is 5. The molecule has 0 aromatic heterocycles. The first-order valence-corrected chi connectivity index (χ1v) is 8.26. The molecular formula is C18H15ClN2O5. The van der Waals surface area contributed by atoms with Crippen molar-refractivity contribution in [2.75, 3.05) is 18.3 Å². The zero-order chi connectivity index (χ0) is 18.8. The molecular weight excluding hydrogens is 360 g/mol. The minimum absolute atomic E-state index is 0.158. The molecule has 0 saturated heterocycles. The van der Waals surface area contributed by atoms with Crippen molar-refractivity contribution in [1.29, 1.82) is 0 Å². The van der Waals surface area contributed by atoms with Gasteiger partial charge in [0.2, 0.25) is 5.75 Å². The smallest absolute Gasteiger partial charge is 0.322 e. The van der Waals surface area contributed by atoms with Gasteiger partial charge >= 0.3 is 5.69 Å². The maximum Gasteiger partial charge on any atom is 0.322 e. The molecule has 0 aliphatic carbocycles. The highest BCUT2D eigenvalue weighted by molar-refractivity contribution is 6.35. The van der Waals surface area contributed by atoms with Gasteiger partial charge in [0.25, 0.3) is 5.91 Å². The van der Waals surface area contributed by atoms with Gasteiger partial charge in [-0.3, -0.25) is 14.9 Å². The van der Waals surface area contributed by atoms with E-state index in [0.29, 0.717) is 29.1 Å². The third-order valence-electron chi connectivity index (χ3n) is 4.08. The minimum Gasteiger partial charge on any atom is -0.504 e. The van der Waals surface area contributed by atoms with E-state index >= 15 is 0 Å². The van der Waals surface area contributed by atoms with Gasteiger partial charge in [0.1, 0.15) is 0 Å². The Kier molecular flexibility index (Phi) is 4.81. The van der Waals surface area contributed by atoms with E-state index in [4.69, 9.17) is 16.3 Å². The van der Waals surface area contributed by atoms with Gasteiger partial charge in [-0.05, 0) is 42.3 Å². The zero-order valence-corrected chi connectivity index (χ0v) is 14.5. The molecule has 0 fully saturated rings. The van der Waals surface area contributed by atoms with E-state index in [2.05, 4.69) is 5.32 Å². The predicted octanol–water partition coefficient (Wildman–Crippen LogP) is 3.58. The second-order valence-corrected chi connectivity index (χ2v) is 6.02. The largest absolute Gasteiger partial charge is 0.504 e. The molecule has 2 aromatic carbocycles. The molecule has 0 radical (unpaired) electrons. The number of halogens is 1. The number of benzene rings is 2. The van der Waals surface area contributed by atoms with E-state index in [-0.39, 0.29) is 23.0 Å². The van der Waals surface area contributed by atoms with Gasteiger partial charge in [-0.2, -0.15) is 0 Å². The summed E-state index contributed by atoms with van der Waals surface area (Å²) in [6.45, 7) is 0. The number of methoxy groups -OCH3 is 1. The maximum atomic E-state index is 12.4. The summed E-state index contributed by atoms with van der Waals surface area (Å²) in [5.74, 6) is -0.509. The van der Waals surface area contributed by atoms with Crippen LogP contribution in [0, 0.1) is 10.1 Å². The van der Waals surface area contributed by atoms with E-state index < -0.39 is 10.6 Å². The lowest BCUT2D eigenvalue weighted by Gasteiger charge is -2.07. The average molecular weight is 375 g/mol. The van der Waals surface area contributed by atoms with Crippen LogP contribution < -0.4 is 10.1 Å². The lowest BCUT2D eigenvalue weighted by molar-refractivity contribution is -0.386. The Morgan fingerprint density at radius 2 is 2.12 bits per heavy atom. The van der Waals surface area contributed by atoms with Gasteiger partial charge in [-0.15, -0.1) is 11.6 Å². The van der Waals surface area contributed by atoms with Gasteiger partial charge in [0, 0.05) is 22.7 Å². The minimum atomic E-state index is -0.650. The highest BCUT2D eigenvalue weighted by atomic mass is 35.5. The van der Waals surface area contributed by atoms with Gasteiger partial charge in [-0.25, -0.2) is 0 Å². The van der Waals surface area contributed by atoms with Crippen molar-refractivity contribution in [2.24, 2.45) is 0 Å². The molecule has 1 heterocycles. The predicted molar refractivity (Wildman–Crippen MR) is 98.7 cm³/mol. The summed E-state index contributed by atoms with van der Waals surface area (Å²) in [5, 5.41) is 24.0. The molecule has 0 unspecified atom stereocenters. The average Bonchev–Trinajstić information content (AvgIpc) is 2.91. The van der Waals surface area contributed by atoms with Crippen LogP contribution in [0.1, 0.15) is 16.7 Å². The molecule has 1 amide bonds. The lowest BCUT2D eigenvalue weighted by atomic mass is 10.00. The van der Waals surface area contributed by atoms with Gasteiger partial charge < -0.3 is 15.2 Å². The fourth-order valence-corrected chi connectivity index (χ4v) is 3.10. The van der Waals surface area contributed by atoms with Crippen LogP contribution in [-0.2, 0) is 11.2 Å². The molecule has 8 heteroatoms. The van der Waals surface area contributed by atoms with Gasteiger partial charge in [0.05, 0.1) is 17.6 Å². The van der Waals surface area contributed by atoms with Crippen LogP contribution in [-0.4, -0.2) is 28.9 Å². The van der Waals surface area contributed by atoms with Crippen LogP contribution in [0.25, 0.3) is 11.6 Å². The normalized spacial score (nSPS) is 14.2. The van der Waals surface area contributed by atoms with Crippen LogP contribution in [0.4, 0.5) is 11.4 Å². The molecule has 0 atom stereocenters. The summed E-state index contributed by atoms with van der Waals surface area (Å²) in [6, 6.07) is 8.15. The third kappa shape index (κ3) is 3.09. The first-order valence-electron chi connectivity index (χ1n) is 7.73. The molecule has 2 aromatic rings. The molecule has 26 heavy (non-hydrogen) atoms. The zero-order valence-electron chi connectivity index (χ0n) is 13.8. The highest BCUT2D eigenvalue weighted by Gasteiger charge is 2.28.